The average Bonchev–Trinajstić information content (AvgIpc) is 2.57. The van der Waals surface area contributed by atoms with Crippen molar-refractivity contribution in [3.05, 3.63) is 62.5 Å². The van der Waals surface area contributed by atoms with Gasteiger partial charge in [-0.25, -0.2) is 4.79 Å². The molecule has 0 heterocycles. The summed E-state index contributed by atoms with van der Waals surface area (Å²) < 4.78 is 5.37. The van der Waals surface area contributed by atoms with Gasteiger partial charge in [0.1, 0.15) is 6.10 Å². The predicted molar refractivity (Wildman–Crippen MR) is 86.6 cm³/mol. The van der Waals surface area contributed by atoms with Gasteiger partial charge in [-0.2, -0.15) is 0 Å². The first-order valence-corrected chi connectivity index (χ1v) is 7.35. The van der Waals surface area contributed by atoms with E-state index in [-0.39, 0.29) is 17.2 Å². The third-order valence-corrected chi connectivity index (χ3v) is 3.60. The van der Waals surface area contributed by atoms with Crippen LogP contribution >= 0.6 is 0 Å². The van der Waals surface area contributed by atoms with Crippen LogP contribution in [0.25, 0.3) is 10.4 Å². The first kappa shape index (κ1) is 18.0. The molecule has 0 aromatic heterocycles. The molecule has 1 amide bonds. The molecule has 1 aromatic carbocycles. The maximum atomic E-state index is 12.2. The maximum Gasteiger partial charge on any atom is 0.338 e. The van der Waals surface area contributed by atoms with E-state index in [2.05, 4.69) is 15.3 Å². The van der Waals surface area contributed by atoms with Crippen LogP contribution in [0.5, 0.6) is 0 Å². The lowest BCUT2D eigenvalue weighted by Gasteiger charge is -2.32. The van der Waals surface area contributed by atoms with E-state index in [4.69, 9.17) is 10.3 Å². The lowest BCUT2D eigenvalue weighted by molar-refractivity contribution is -0.384. The topological polar surface area (TPSA) is 147 Å². The highest BCUT2D eigenvalue weighted by molar-refractivity contribution is 5.90. The van der Waals surface area contributed by atoms with E-state index < -0.39 is 29.1 Å². The Hall–Kier alpha value is -3.39. The molecule has 25 heavy (non-hydrogen) atoms. The number of hydrogen-bond donors (Lipinski definition) is 1. The summed E-state index contributed by atoms with van der Waals surface area (Å²) in [6.07, 6.45) is 2.88. The minimum atomic E-state index is -0.823. The third kappa shape index (κ3) is 4.55. The maximum absolute atomic E-state index is 12.2. The van der Waals surface area contributed by atoms with Crippen LogP contribution in [0.3, 0.4) is 0 Å². The molecular weight excluding hydrogens is 330 g/mol. The number of nitrogens with one attached hydrogen (secondary N) is 1. The lowest BCUT2D eigenvalue weighted by Crippen LogP contribution is -2.51. The fourth-order valence-corrected chi connectivity index (χ4v) is 2.46. The molecule has 1 aliphatic rings. The number of rotatable bonds is 5. The van der Waals surface area contributed by atoms with Crippen molar-refractivity contribution in [1.82, 2.24) is 5.32 Å². The van der Waals surface area contributed by atoms with E-state index >= 15 is 0 Å². The monoisotopic (exact) mass is 345 g/mol. The molecule has 130 valence electrons. The highest BCUT2D eigenvalue weighted by Crippen LogP contribution is 2.21. The second-order valence-electron chi connectivity index (χ2n) is 5.34. The fraction of sp³-hybridized carbons (Fsp3) is 0.333. The number of carbonyl (C=O) groups is 2. The van der Waals surface area contributed by atoms with Gasteiger partial charge in [-0.1, -0.05) is 11.2 Å². The van der Waals surface area contributed by atoms with Crippen molar-refractivity contribution in [2.75, 3.05) is 0 Å². The zero-order valence-corrected chi connectivity index (χ0v) is 13.2. The number of benzene rings is 1. The number of nitrogens with zero attached hydrogens (tertiary/aromatic N) is 4. The summed E-state index contributed by atoms with van der Waals surface area (Å²) in [5.41, 5.74) is 8.63. The summed E-state index contributed by atoms with van der Waals surface area (Å²) >= 11 is 0. The third-order valence-electron chi connectivity index (χ3n) is 3.60. The number of esters is 1. The van der Waals surface area contributed by atoms with Gasteiger partial charge in [0, 0.05) is 24.0 Å². The normalized spacial score (nSPS) is 21.7. The number of ether oxygens (including phenoxy) is 1. The molecule has 1 aliphatic carbocycles. The van der Waals surface area contributed by atoms with Crippen molar-refractivity contribution in [3.8, 4) is 0 Å². The Morgan fingerprint density at radius 2 is 2.08 bits per heavy atom. The van der Waals surface area contributed by atoms with Crippen LogP contribution in [0, 0.1) is 10.1 Å². The van der Waals surface area contributed by atoms with E-state index in [1.54, 1.807) is 12.2 Å². The number of amides is 1. The van der Waals surface area contributed by atoms with Gasteiger partial charge in [0.2, 0.25) is 5.91 Å². The molecule has 1 N–H and O–H groups in total. The Labute approximate surface area is 142 Å². The van der Waals surface area contributed by atoms with Crippen molar-refractivity contribution in [2.45, 2.75) is 31.5 Å². The molecule has 0 fully saturated rings. The van der Waals surface area contributed by atoms with E-state index in [0.29, 0.717) is 6.42 Å². The van der Waals surface area contributed by atoms with Crippen LogP contribution in [-0.2, 0) is 9.53 Å². The van der Waals surface area contributed by atoms with Crippen LogP contribution in [-0.4, -0.2) is 35.0 Å². The van der Waals surface area contributed by atoms with Crippen molar-refractivity contribution >= 4 is 17.6 Å². The van der Waals surface area contributed by atoms with E-state index in [1.807, 2.05) is 0 Å². The zero-order chi connectivity index (χ0) is 18.4. The van der Waals surface area contributed by atoms with Crippen molar-refractivity contribution in [2.24, 2.45) is 5.11 Å². The summed E-state index contributed by atoms with van der Waals surface area (Å²) in [7, 11) is 0. The molecule has 0 aliphatic heterocycles. The number of azide groups is 1. The Bertz CT molecular complexity index is 754. The number of carbonyl (C=O) groups excluding carboxylic acids is 2. The van der Waals surface area contributed by atoms with Crippen molar-refractivity contribution in [3.63, 3.8) is 0 Å². The predicted octanol–water partition coefficient (Wildman–Crippen LogP) is 2.26. The number of nitro groups is 1. The second kappa shape index (κ2) is 7.93. The minimum absolute atomic E-state index is 0.131. The van der Waals surface area contributed by atoms with E-state index in [9.17, 15) is 19.7 Å². The molecule has 2 rings (SSSR count). The fourth-order valence-electron chi connectivity index (χ4n) is 2.46. The van der Waals surface area contributed by atoms with Gasteiger partial charge >= 0.3 is 5.97 Å². The SMILES string of the molecule is CC(=O)N[C@@H]1[C@@H](N=[N+]=[N-])CC=C[C@@H]1OC(=O)c1ccc([N+](=O)[O-])cc1. The largest absolute Gasteiger partial charge is 0.452 e. The molecule has 0 saturated heterocycles. The average molecular weight is 345 g/mol. The Morgan fingerprint density at radius 1 is 1.40 bits per heavy atom. The first-order valence-electron chi connectivity index (χ1n) is 7.35. The Balaban J connectivity index is 2.17. The molecule has 0 bridgehead atoms. The Morgan fingerprint density at radius 3 is 2.64 bits per heavy atom. The van der Waals surface area contributed by atoms with Crippen LogP contribution in [0.15, 0.2) is 41.5 Å². The van der Waals surface area contributed by atoms with Crippen LogP contribution in [0.1, 0.15) is 23.7 Å². The molecule has 0 spiro atoms. The van der Waals surface area contributed by atoms with Crippen molar-refractivity contribution < 1.29 is 19.2 Å². The summed E-state index contributed by atoms with van der Waals surface area (Å²) in [4.78, 5) is 36.5. The van der Waals surface area contributed by atoms with E-state index in [1.165, 1.54) is 31.2 Å². The molecule has 0 unspecified atom stereocenters. The molecule has 1 aromatic rings. The minimum Gasteiger partial charge on any atom is -0.452 e. The van der Waals surface area contributed by atoms with Crippen molar-refractivity contribution in [1.29, 1.82) is 0 Å². The van der Waals surface area contributed by atoms with E-state index in [0.717, 1.165) is 0 Å². The van der Waals surface area contributed by atoms with Gasteiger partial charge in [0.25, 0.3) is 5.69 Å². The zero-order valence-electron chi connectivity index (χ0n) is 13.2. The summed E-state index contributed by atoms with van der Waals surface area (Å²) in [6.45, 7) is 1.31. The first-order chi connectivity index (χ1) is 11.9. The van der Waals surface area contributed by atoms with Crippen LogP contribution < -0.4 is 5.32 Å². The van der Waals surface area contributed by atoms with Gasteiger partial charge in [0.05, 0.1) is 22.6 Å². The second-order valence-corrected chi connectivity index (χ2v) is 5.34. The van der Waals surface area contributed by atoms with Gasteiger partial charge in [-0.05, 0) is 30.2 Å². The van der Waals surface area contributed by atoms with Crippen LogP contribution in [0.2, 0.25) is 0 Å². The number of hydrogen-bond acceptors (Lipinski definition) is 6. The molecule has 0 radical (unpaired) electrons. The van der Waals surface area contributed by atoms with Gasteiger partial charge in [-0.3, -0.25) is 14.9 Å². The number of nitro benzene ring substituents is 1. The number of non-ortho nitro benzene ring substituents is 1. The Kier molecular flexibility index (Phi) is 5.70. The summed E-state index contributed by atoms with van der Waals surface area (Å²) in [5.74, 6) is -1.06. The van der Waals surface area contributed by atoms with Crippen LogP contribution in [0.4, 0.5) is 5.69 Å². The lowest BCUT2D eigenvalue weighted by atomic mass is 9.93. The van der Waals surface area contributed by atoms with Gasteiger partial charge < -0.3 is 10.1 Å². The molecular formula is C15H15N5O5. The quantitative estimate of drug-likeness (QED) is 0.165. The molecule has 10 nitrogen and oxygen atoms in total. The van der Waals surface area contributed by atoms with Gasteiger partial charge in [-0.15, -0.1) is 0 Å². The molecule has 10 heteroatoms. The molecule has 3 atom stereocenters. The summed E-state index contributed by atoms with van der Waals surface area (Å²) in [6, 6.07) is 3.67. The highest BCUT2D eigenvalue weighted by atomic mass is 16.6. The standard InChI is InChI=1S/C15H15N5O5/c1-9(21)17-14-12(18-19-16)3-2-4-13(14)25-15(22)10-5-7-11(8-6-10)20(23)24/h2,4-8,12-14H,3H2,1H3,(H,17,21)/t12-,13-,14+/m0/s1. The van der Waals surface area contributed by atoms with Gasteiger partial charge in [0.15, 0.2) is 0 Å². The summed E-state index contributed by atoms with van der Waals surface area (Å²) in [5, 5.41) is 16.9. The molecule has 0 saturated carbocycles. The smallest absolute Gasteiger partial charge is 0.338 e. The highest BCUT2D eigenvalue weighted by Gasteiger charge is 2.33.